The molecule has 0 bridgehead atoms. The highest BCUT2D eigenvalue weighted by molar-refractivity contribution is 5.67. The van der Waals surface area contributed by atoms with Crippen molar-refractivity contribution in [1.29, 1.82) is 0 Å². The summed E-state index contributed by atoms with van der Waals surface area (Å²) in [6.07, 6.45) is 5.65. The number of nitrogens with zero attached hydrogens (tertiary/aromatic N) is 2. The van der Waals surface area contributed by atoms with E-state index in [1.807, 2.05) is 4.90 Å². The van der Waals surface area contributed by atoms with E-state index in [1.54, 1.807) is 0 Å². The Morgan fingerprint density at radius 3 is 2.62 bits per heavy atom. The van der Waals surface area contributed by atoms with Crippen molar-refractivity contribution in [2.45, 2.75) is 38.1 Å². The quantitative estimate of drug-likeness (QED) is 0.734. The molecule has 0 spiro atoms. The van der Waals surface area contributed by atoms with E-state index < -0.39 is 0 Å². The average molecular weight is 226 g/mol. The van der Waals surface area contributed by atoms with Crippen molar-refractivity contribution in [2.75, 3.05) is 33.3 Å². The lowest BCUT2D eigenvalue weighted by molar-refractivity contribution is 0.102. The van der Waals surface area contributed by atoms with E-state index in [0.717, 1.165) is 32.4 Å². The molecule has 0 saturated carbocycles. The molecule has 1 atom stereocenters. The van der Waals surface area contributed by atoms with Crippen LogP contribution in [0.5, 0.6) is 0 Å². The molecule has 0 N–H and O–H groups in total. The number of hydrogen-bond donors (Lipinski definition) is 0. The van der Waals surface area contributed by atoms with Crippen molar-refractivity contribution < 1.29 is 9.53 Å². The summed E-state index contributed by atoms with van der Waals surface area (Å²) < 4.78 is 5.30. The number of carbonyl (C=O) groups excluding carboxylic acids is 1. The Morgan fingerprint density at radius 1 is 1.25 bits per heavy atom. The summed E-state index contributed by atoms with van der Waals surface area (Å²) in [5.41, 5.74) is 0. The van der Waals surface area contributed by atoms with Crippen LogP contribution in [0, 0.1) is 0 Å². The van der Waals surface area contributed by atoms with Crippen LogP contribution < -0.4 is 0 Å². The molecule has 2 fully saturated rings. The Hall–Kier alpha value is -0.770. The minimum absolute atomic E-state index is 0.113. The van der Waals surface area contributed by atoms with E-state index >= 15 is 0 Å². The maximum Gasteiger partial charge on any atom is 0.409 e. The maximum atomic E-state index is 11.6. The van der Waals surface area contributed by atoms with Crippen LogP contribution in [-0.2, 0) is 4.74 Å². The maximum absolute atomic E-state index is 11.6. The van der Waals surface area contributed by atoms with Gasteiger partial charge < -0.3 is 14.5 Å². The second-order valence-electron chi connectivity index (χ2n) is 4.87. The molecule has 0 aliphatic carbocycles. The fraction of sp³-hybridized carbons (Fsp3) is 0.917. The Balaban J connectivity index is 1.61. The minimum Gasteiger partial charge on any atom is -0.449 e. The molecular weight excluding hydrogens is 204 g/mol. The van der Waals surface area contributed by atoms with Gasteiger partial charge >= 0.3 is 6.09 Å². The third-order valence-corrected chi connectivity index (χ3v) is 3.71. The number of rotatable bonds is 3. The SMILES string of the molecule is CN1CCCC1CCOC(=O)N1CCCC1. The first kappa shape index (κ1) is 11.7. The Labute approximate surface area is 97.5 Å². The van der Waals surface area contributed by atoms with Crippen LogP contribution in [0.4, 0.5) is 4.79 Å². The van der Waals surface area contributed by atoms with Gasteiger partial charge in [0.15, 0.2) is 0 Å². The van der Waals surface area contributed by atoms with Gasteiger partial charge in [-0.1, -0.05) is 0 Å². The third-order valence-electron chi connectivity index (χ3n) is 3.71. The fourth-order valence-electron chi connectivity index (χ4n) is 2.62. The first-order chi connectivity index (χ1) is 7.77. The molecule has 4 heteroatoms. The molecule has 2 heterocycles. The summed E-state index contributed by atoms with van der Waals surface area (Å²) in [5, 5.41) is 0. The van der Waals surface area contributed by atoms with Crippen molar-refractivity contribution in [2.24, 2.45) is 0 Å². The molecule has 92 valence electrons. The number of likely N-dealkylation sites (tertiary alicyclic amines) is 2. The van der Waals surface area contributed by atoms with Gasteiger partial charge in [-0.2, -0.15) is 0 Å². The van der Waals surface area contributed by atoms with Gasteiger partial charge in [0.1, 0.15) is 0 Å². The Kier molecular flexibility index (Phi) is 4.04. The van der Waals surface area contributed by atoms with Crippen molar-refractivity contribution in [3.63, 3.8) is 0 Å². The Morgan fingerprint density at radius 2 is 2.00 bits per heavy atom. The van der Waals surface area contributed by atoms with Crippen molar-refractivity contribution >= 4 is 6.09 Å². The Bertz CT molecular complexity index is 239. The third kappa shape index (κ3) is 2.88. The van der Waals surface area contributed by atoms with Crippen LogP contribution in [0.2, 0.25) is 0 Å². The molecule has 0 aromatic rings. The van der Waals surface area contributed by atoms with Crippen LogP contribution in [0.1, 0.15) is 32.1 Å². The topological polar surface area (TPSA) is 32.8 Å². The van der Waals surface area contributed by atoms with Gasteiger partial charge in [-0.05, 0) is 45.7 Å². The molecule has 0 aromatic carbocycles. The standard InChI is InChI=1S/C12H22N2O2/c1-13-7-4-5-11(13)6-10-16-12(15)14-8-2-3-9-14/h11H,2-10H2,1H3. The summed E-state index contributed by atoms with van der Waals surface area (Å²) >= 11 is 0. The van der Waals surface area contributed by atoms with Crippen molar-refractivity contribution in [3.8, 4) is 0 Å². The zero-order valence-corrected chi connectivity index (χ0v) is 10.2. The van der Waals surface area contributed by atoms with E-state index in [9.17, 15) is 4.79 Å². The lowest BCUT2D eigenvalue weighted by Gasteiger charge is -2.20. The number of ether oxygens (including phenoxy) is 1. The summed E-state index contributed by atoms with van der Waals surface area (Å²) in [7, 11) is 2.15. The van der Waals surface area contributed by atoms with Crippen LogP contribution in [0.25, 0.3) is 0 Å². The highest BCUT2D eigenvalue weighted by Crippen LogP contribution is 2.18. The second kappa shape index (κ2) is 5.53. The number of carbonyl (C=O) groups is 1. The zero-order valence-electron chi connectivity index (χ0n) is 10.2. The molecule has 2 aliphatic heterocycles. The normalized spacial score (nSPS) is 26.3. The van der Waals surface area contributed by atoms with Gasteiger partial charge in [-0.3, -0.25) is 0 Å². The van der Waals surface area contributed by atoms with E-state index in [2.05, 4.69) is 11.9 Å². The van der Waals surface area contributed by atoms with Crippen LogP contribution >= 0.6 is 0 Å². The van der Waals surface area contributed by atoms with E-state index in [1.165, 1.54) is 19.4 Å². The smallest absolute Gasteiger partial charge is 0.409 e. The summed E-state index contributed by atoms with van der Waals surface area (Å²) in [5.74, 6) is 0. The van der Waals surface area contributed by atoms with Gasteiger partial charge in [0.05, 0.1) is 6.61 Å². The van der Waals surface area contributed by atoms with E-state index in [-0.39, 0.29) is 6.09 Å². The molecule has 0 radical (unpaired) electrons. The fourth-order valence-corrected chi connectivity index (χ4v) is 2.62. The molecule has 16 heavy (non-hydrogen) atoms. The van der Waals surface area contributed by atoms with Gasteiger partial charge in [-0.25, -0.2) is 4.79 Å². The summed E-state index contributed by atoms with van der Waals surface area (Å²) in [6, 6.07) is 0.617. The molecule has 2 aliphatic rings. The molecular formula is C12H22N2O2. The van der Waals surface area contributed by atoms with Crippen LogP contribution in [0.15, 0.2) is 0 Å². The number of hydrogen-bond acceptors (Lipinski definition) is 3. The van der Waals surface area contributed by atoms with Gasteiger partial charge in [0.25, 0.3) is 0 Å². The predicted molar refractivity (Wildman–Crippen MR) is 62.4 cm³/mol. The van der Waals surface area contributed by atoms with Crippen molar-refractivity contribution in [3.05, 3.63) is 0 Å². The zero-order chi connectivity index (χ0) is 11.4. The molecule has 1 amide bonds. The average Bonchev–Trinajstić information content (AvgIpc) is 2.90. The largest absolute Gasteiger partial charge is 0.449 e. The molecule has 1 unspecified atom stereocenters. The lowest BCUT2D eigenvalue weighted by atomic mass is 10.2. The summed E-state index contributed by atoms with van der Waals surface area (Å²) in [6.45, 7) is 3.51. The summed E-state index contributed by atoms with van der Waals surface area (Å²) in [4.78, 5) is 15.8. The van der Waals surface area contributed by atoms with Gasteiger partial charge in [-0.15, -0.1) is 0 Å². The van der Waals surface area contributed by atoms with Gasteiger partial charge in [0, 0.05) is 19.1 Å². The van der Waals surface area contributed by atoms with Crippen LogP contribution in [-0.4, -0.2) is 55.2 Å². The molecule has 2 saturated heterocycles. The van der Waals surface area contributed by atoms with Crippen molar-refractivity contribution in [1.82, 2.24) is 9.80 Å². The highest BCUT2D eigenvalue weighted by atomic mass is 16.6. The minimum atomic E-state index is -0.113. The van der Waals surface area contributed by atoms with E-state index in [4.69, 9.17) is 4.74 Å². The monoisotopic (exact) mass is 226 g/mol. The van der Waals surface area contributed by atoms with Crippen LogP contribution in [0.3, 0.4) is 0 Å². The number of amides is 1. The molecule has 2 rings (SSSR count). The first-order valence-corrected chi connectivity index (χ1v) is 6.39. The van der Waals surface area contributed by atoms with Gasteiger partial charge in [0.2, 0.25) is 0 Å². The molecule has 4 nitrogen and oxygen atoms in total. The lowest BCUT2D eigenvalue weighted by Crippen LogP contribution is -2.31. The van der Waals surface area contributed by atoms with E-state index in [0.29, 0.717) is 12.6 Å². The molecule has 0 aromatic heterocycles. The highest BCUT2D eigenvalue weighted by Gasteiger charge is 2.22. The first-order valence-electron chi connectivity index (χ1n) is 6.39. The predicted octanol–water partition coefficient (Wildman–Crippen LogP) is 1.70. The second-order valence-corrected chi connectivity index (χ2v) is 4.87.